The van der Waals surface area contributed by atoms with E-state index in [1.54, 1.807) is 65.8 Å². The molecule has 2 aliphatic rings. The Bertz CT molecular complexity index is 1450. The largest absolute Gasteiger partial charge is 0.456 e. The van der Waals surface area contributed by atoms with Gasteiger partial charge in [0.15, 0.2) is 5.41 Å². The van der Waals surface area contributed by atoms with Crippen molar-refractivity contribution >= 4 is 23.5 Å². The zero-order valence-electron chi connectivity index (χ0n) is 22.8. The van der Waals surface area contributed by atoms with Crippen molar-refractivity contribution in [1.82, 2.24) is 0 Å². The number of fused-ring (bicyclic) bond motifs is 2. The molecule has 2 aromatic carbocycles. The van der Waals surface area contributed by atoms with Gasteiger partial charge in [-0.05, 0) is 53.2 Å². The predicted molar refractivity (Wildman–Crippen MR) is 142 cm³/mol. The molecule has 2 aliphatic heterocycles. The van der Waals surface area contributed by atoms with Crippen LogP contribution in [0.25, 0.3) is 0 Å². The number of carbonyl (C=O) groups is 3. The van der Waals surface area contributed by atoms with Gasteiger partial charge in [0.1, 0.15) is 28.4 Å². The summed E-state index contributed by atoms with van der Waals surface area (Å²) in [5.74, 6) is -3.74. The average Bonchev–Trinajstić information content (AvgIpc) is 3.06. The number of hydrogen-bond acceptors (Lipinski definition) is 8. The summed E-state index contributed by atoms with van der Waals surface area (Å²) in [7, 11) is 0. The Morgan fingerprint density at radius 2 is 1.51 bits per heavy atom. The fourth-order valence-electron chi connectivity index (χ4n) is 4.73. The maximum Gasteiger partial charge on any atom is 0.375 e. The van der Waals surface area contributed by atoms with Gasteiger partial charge < -0.3 is 24.8 Å². The lowest BCUT2D eigenvalue weighted by Gasteiger charge is -2.36. The monoisotopic (exact) mass is 529 g/mol. The van der Waals surface area contributed by atoms with E-state index in [0.29, 0.717) is 11.3 Å². The van der Waals surface area contributed by atoms with Gasteiger partial charge in [-0.3, -0.25) is 4.79 Å². The quantitative estimate of drug-likeness (QED) is 0.585. The van der Waals surface area contributed by atoms with Crippen molar-refractivity contribution < 1.29 is 28.6 Å². The number of nitriles is 1. The van der Waals surface area contributed by atoms with E-state index in [0.717, 1.165) is 5.56 Å². The Balaban J connectivity index is 2.06. The van der Waals surface area contributed by atoms with Gasteiger partial charge in [0, 0.05) is 11.3 Å². The molecule has 1 unspecified atom stereocenters. The molecule has 9 nitrogen and oxygen atoms in total. The van der Waals surface area contributed by atoms with Gasteiger partial charge in [-0.25, -0.2) is 9.59 Å². The second-order valence-electron chi connectivity index (χ2n) is 11.3. The van der Waals surface area contributed by atoms with Crippen LogP contribution in [-0.2, 0) is 40.6 Å². The van der Waals surface area contributed by atoms with Crippen molar-refractivity contribution in [1.29, 1.82) is 5.26 Å². The number of amides is 1. The molecule has 0 bridgehead atoms. The zero-order chi connectivity index (χ0) is 28.8. The molecule has 2 N–H and O–H groups in total. The van der Waals surface area contributed by atoms with E-state index in [1.165, 1.54) is 4.90 Å². The molecular formula is C30H31N3O6. The van der Waals surface area contributed by atoms with E-state index in [2.05, 4.69) is 0 Å². The Hall–Kier alpha value is -4.58. The van der Waals surface area contributed by atoms with E-state index < -0.39 is 51.7 Å². The number of esters is 2. The van der Waals surface area contributed by atoms with E-state index in [4.69, 9.17) is 19.9 Å². The number of hydrogen-bond donors (Lipinski definition) is 1. The summed E-state index contributed by atoms with van der Waals surface area (Å²) in [6, 6.07) is 18.0. The third-order valence-electron chi connectivity index (χ3n) is 6.08. The highest BCUT2D eigenvalue weighted by molar-refractivity contribution is 6.20. The number of carbonyl (C=O) groups excluding carboxylic acids is 3. The zero-order valence-corrected chi connectivity index (χ0v) is 22.8. The molecule has 9 heteroatoms. The van der Waals surface area contributed by atoms with Crippen LogP contribution in [0.15, 0.2) is 77.4 Å². The Labute approximate surface area is 227 Å². The molecule has 0 saturated heterocycles. The van der Waals surface area contributed by atoms with E-state index in [9.17, 15) is 19.6 Å². The normalized spacial score (nSPS) is 19.0. The van der Waals surface area contributed by atoms with Gasteiger partial charge in [-0.1, -0.05) is 48.5 Å². The maximum atomic E-state index is 14.6. The molecular weight excluding hydrogens is 498 g/mol. The molecule has 0 radical (unpaired) electrons. The Morgan fingerprint density at radius 3 is 2.10 bits per heavy atom. The molecule has 0 fully saturated rings. The smallest absolute Gasteiger partial charge is 0.375 e. The predicted octanol–water partition coefficient (Wildman–Crippen LogP) is 4.13. The van der Waals surface area contributed by atoms with Gasteiger partial charge in [-0.2, -0.15) is 5.26 Å². The van der Waals surface area contributed by atoms with Crippen LogP contribution in [0, 0.1) is 11.3 Å². The lowest BCUT2D eigenvalue weighted by Crippen LogP contribution is -2.50. The first-order valence-electron chi connectivity index (χ1n) is 12.5. The minimum absolute atomic E-state index is 0.140. The van der Waals surface area contributed by atoms with Crippen LogP contribution in [0.1, 0.15) is 52.7 Å². The second kappa shape index (κ2) is 9.62. The van der Waals surface area contributed by atoms with Crippen LogP contribution >= 0.6 is 0 Å². The molecule has 4 rings (SSSR count). The van der Waals surface area contributed by atoms with Gasteiger partial charge in [0.05, 0.1) is 6.54 Å². The maximum absolute atomic E-state index is 14.6. The van der Waals surface area contributed by atoms with Crippen molar-refractivity contribution in [2.24, 2.45) is 5.73 Å². The summed E-state index contributed by atoms with van der Waals surface area (Å²) in [6.45, 7) is 10.0. The molecule has 1 spiro atoms. The van der Waals surface area contributed by atoms with Crippen molar-refractivity contribution in [3.05, 3.63) is 88.5 Å². The number of ether oxygens (including phenoxy) is 3. The first kappa shape index (κ1) is 27.5. The standard InChI is InChI=1S/C30H31N3O6/c1-28(2,3)38-25(34)22-23(26(35)39-29(4,5)6)37-24(32)20(16-31)30(22)19-14-10-11-15-21(19)33(27(30)36)17-18-12-8-7-9-13-18/h7-15H,17,32H2,1-6H3. The molecule has 2 aromatic rings. The molecule has 2 heterocycles. The fourth-order valence-corrected chi connectivity index (χ4v) is 4.73. The van der Waals surface area contributed by atoms with Crippen LogP contribution in [0.2, 0.25) is 0 Å². The summed E-state index contributed by atoms with van der Waals surface area (Å²) in [5, 5.41) is 10.3. The number of benzene rings is 2. The number of nitrogens with zero attached hydrogens (tertiary/aromatic N) is 2. The lowest BCUT2D eigenvalue weighted by atomic mass is 9.68. The van der Waals surface area contributed by atoms with Crippen LogP contribution in [0.4, 0.5) is 5.69 Å². The summed E-state index contributed by atoms with van der Waals surface area (Å²) >= 11 is 0. The lowest BCUT2D eigenvalue weighted by molar-refractivity contribution is -0.157. The van der Waals surface area contributed by atoms with Crippen LogP contribution in [0.3, 0.4) is 0 Å². The minimum Gasteiger partial charge on any atom is -0.456 e. The van der Waals surface area contributed by atoms with Gasteiger partial charge in [0.25, 0.3) is 0 Å². The molecule has 39 heavy (non-hydrogen) atoms. The third kappa shape index (κ3) is 4.86. The fraction of sp³-hybridized carbons (Fsp3) is 0.333. The molecule has 0 aromatic heterocycles. The highest BCUT2D eigenvalue weighted by Gasteiger charge is 2.63. The molecule has 1 amide bonds. The number of para-hydroxylation sites is 1. The average molecular weight is 530 g/mol. The van der Waals surface area contributed by atoms with E-state index in [-0.39, 0.29) is 12.1 Å². The van der Waals surface area contributed by atoms with Crippen LogP contribution in [0.5, 0.6) is 0 Å². The van der Waals surface area contributed by atoms with Crippen LogP contribution < -0.4 is 10.6 Å². The molecule has 202 valence electrons. The van der Waals surface area contributed by atoms with Gasteiger partial charge >= 0.3 is 11.9 Å². The van der Waals surface area contributed by atoms with Crippen LogP contribution in [-0.4, -0.2) is 29.0 Å². The minimum atomic E-state index is -2.10. The summed E-state index contributed by atoms with van der Waals surface area (Å²) in [4.78, 5) is 43.5. The van der Waals surface area contributed by atoms with Crippen molar-refractivity contribution in [3.8, 4) is 6.07 Å². The number of nitrogens with two attached hydrogens (primary N) is 1. The summed E-state index contributed by atoms with van der Waals surface area (Å²) in [5.41, 5.74) is 2.94. The van der Waals surface area contributed by atoms with Gasteiger partial charge in [0.2, 0.25) is 17.5 Å². The van der Waals surface area contributed by atoms with E-state index >= 15 is 0 Å². The first-order valence-corrected chi connectivity index (χ1v) is 12.5. The topological polar surface area (TPSA) is 132 Å². The molecule has 0 saturated carbocycles. The summed E-state index contributed by atoms with van der Waals surface area (Å²) in [6.07, 6.45) is 0. The Morgan fingerprint density at radius 1 is 0.949 bits per heavy atom. The second-order valence-corrected chi connectivity index (χ2v) is 11.3. The van der Waals surface area contributed by atoms with E-state index in [1.807, 2.05) is 36.4 Å². The molecule has 1 atom stereocenters. The third-order valence-corrected chi connectivity index (χ3v) is 6.08. The number of anilines is 1. The number of rotatable bonds is 4. The van der Waals surface area contributed by atoms with Crippen molar-refractivity contribution in [2.45, 2.75) is 64.7 Å². The van der Waals surface area contributed by atoms with Crippen molar-refractivity contribution in [2.75, 3.05) is 4.90 Å². The molecule has 0 aliphatic carbocycles. The first-order chi connectivity index (χ1) is 18.2. The highest BCUT2D eigenvalue weighted by atomic mass is 16.6. The van der Waals surface area contributed by atoms with Gasteiger partial charge in [-0.15, -0.1) is 0 Å². The van der Waals surface area contributed by atoms with Crippen molar-refractivity contribution in [3.63, 3.8) is 0 Å². The highest BCUT2D eigenvalue weighted by Crippen LogP contribution is 2.54. The Kier molecular flexibility index (Phi) is 6.77. The SMILES string of the molecule is CC(C)(C)OC(=O)C1=C(C(=O)OC(C)(C)C)C2(C(=O)N(Cc3ccccc3)c3ccccc32)C(C#N)=C(N)O1. The summed E-state index contributed by atoms with van der Waals surface area (Å²) < 4.78 is 16.8.